The van der Waals surface area contributed by atoms with Crippen LogP contribution < -0.4 is 10.2 Å². The molecule has 1 aliphatic rings. The van der Waals surface area contributed by atoms with Crippen LogP contribution in [0.15, 0.2) is 24.3 Å². The molecule has 2 N–H and O–H groups in total. The number of nitrogens with zero attached hydrogens (tertiary/aromatic N) is 1. The Bertz CT molecular complexity index is 406. The Kier molecular flexibility index (Phi) is 3.64. The first-order chi connectivity index (χ1) is 8.22. The fourth-order valence-electron chi connectivity index (χ4n) is 2.28. The van der Waals surface area contributed by atoms with Crippen LogP contribution in [0, 0.1) is 0 Å². The van der Waals surface area contributed by atoms with Crippen molar-refractivity contribution in [1.82, 2.24) is 5.32 Å². The van der Waals surface area contributed by atoms with E-state index < -0.39 is 5.97 Å². The lowest BCUT2D eigenvalue weighted by atomic mass is 10.1. The minimum atomic E-state index is -0.866. The van der Waals surface area contributed by atoms with E-state index in [0.717, 1.165) is 31.7 Å². The second-order valence-electron chi connectivity index (χ2n) is 4.32. The van der Waals surface area contributed by atoms with Gasteiger partial charge in [-0.3, -0.25) is 0 Å². The smallest absolute Gasteiger partial charge is 0.335 e. The quantitative estimate of drug-likeness (QED) is 0.833. The average Bonchev–Trinajstić information content (AvgIpc) is 2.39. The summed E-state index contributed by atoms with van der Waals surface area (Å²) in [7, 11) is 0. The first-order valence-corrected chi connectivity index (χ1v) is 6.03. The Morgan fingerprint density at radius 2 is 2.41 bits per heavy atom. The summed E-state index contributed by atoms with van der Waals surface area (Å²) in [5.74, 6) is -0.866. The highest BCUT2D eigenvalue weighted by Crippen LogP contribution is 2.21. The summed E-state index contributed by atoms with van der Waals surface area (Å²) in [5.41, 5.74) is 1.37. The maximum atomic E-state index is 11.0. The minimum Gasteiger partial charge on any atom is -0.478 e. The molecule has 1 aromatic rings. The molecule has 1 aromatic carbocycles. The van der Waals surface area contributed by atoms with Gasteiger partial charge in [-0.05, 0) is 24.6 Å². The number of aromatic carboxylic acids is 1. The Morgan fingerprint density at radius 3 is 3.12 bits per heavy atom. The lowest BCUT2D eigenvalue weighted by molar-refractivity contribution is 0.0697. The van der Waals surface area contributed by atoms with Gasteiger partial charge in [0.2, 0.25) is 0 Å². The predicted octanol–water partition coefficient (Wildman–Crippen LogP) is 1.57. The van der Waals surface area contributed by atoms with Crippen LogP contribution in [0.3, 0.4) is 0 Å². The number of hydrogen-bond acceptors (Lipinski definition) is 3. The van der Waals surface area contributed by atoms with Gasteiger partial charge in [0, 0.05) is 31.4 Å². The zero-order chi connectivity index (χ0) is 12.3. The molecule has 4 nitrogen and oxygen atoms in total. The number of nitrogens with one attached hydrogen (secondary N) is 1. The second kappa shape index (κ2) is 5.19. The normalized spacial score (nSPS) is 20.3. The van der Waals surface area contributed by atoms with E-state index in [1.54, 1.807) is 12.1 Å². The van der Waals surface area contributed by atoms with Gasteiger partial charge < -0.3 is 15.3 Å². The van der Waals surface area contributed by atoms with Crippen molar-refractivity contribution in [2.24, 2.45) is 0 Å². The summed E-state index contributed by atoms with van der Waals surface area (Å²) in [5, 5.41) is 12.4. The molecule has 1 saturated heterocycles. The highest BCUT2D eigenvalue weighted by Gasteiger charge is 2.21. The van der Waals surface area contributed by atoms with E-state index in [1.807, 2.05) is 12.1 Å². The van der Waals surface area contributed by atoms with Gasteiger partial charge in [-0.1, -0.05) is 13.0 Å². The standard InChI is InChI=1S/C13H18N2O2/c1-2-11-9-14-6-7-15(11)12-5-3-4-10(8-12)13(16)17/h3-5,8,11,14H,2,6-7,9H2,1H3,(H,16,17)/t11-/m1/s1. The topological polar surface area (TPSA) is 52.6 Å². The van der Waals surface area contributed by atoms with Crippen LogP contribution in [0.1, 0.15) is 23.7 Å². The number of hydrogen-bond donors (Lipinski definition) is 2. The largest absolute Gasteiger partial charge is 0.478 e. The first-order valence-electron chi connectivity index (χ1n) is 6.03. The van der Waals surface area contributed by atoms with E-state index in [2.05, 4.69) is 17.1 Å². The molecule has 17 heavy (non-hydrogen) atoms. The van der Waals surface area contributed by atoms with Gasteiger partial charge in [-0.25, -0.2) is 4.79 Å². The molecule has 92 valence electrons. The molecule has 1 aliphatic heterocycles. The molecule has 1 heterocycles. The number of rotatable bonds is 3. The van der Waals surface area contributed by atoms with Crippen LogP contribution in [0.2, 0.25) is 0 Å². The maximum Gasteiger partial charge on any atom is 0.335 e. The zero-order valence-corrected chi connectivity index (χ0v) is 10.0. The van der Waals surface area contributed by atoms with Crippen LogP contribution in [-0.2, 0) is 0 Å². The van der Waals surface area contributed by atoms with Crippen molar-refractivity contribution in [2.75, 3.05) is 24.5 Å². The summed E-state index contributed by atoms with van der Waals surface area (Å²) in [6.45, 7) is 5.01. The van der Waals surface area contributed by atoms with E-state index in [4.69, 9.17) is 5.11 Å². The van der Waals surface area contributed by atoms with Gasteiger partial charge in [-0.15, -0.1) is 0 Å². The molecule has 2 rings (SSSR count). The Morgan fingerprint density at radius 1 is 1.59 bits per heavy atom. The zero-order valence-electron chi connectivity index (χ0n) is 10.0. The number of benzene rings is 1. The van der Waals surface area contributed by atoms with E-state index in [-0.39, 0.29) is 0 Å². The maximum absolute atomic E-state index is 11.0. The molecule has 0 bridgehead atoms. The van der Waals surface area contributed by atoms with Gasteiger partial charge >= 0.3 is 5.97 Å². The van der Waals surface area contributed by atoms with Crippen molar-refractivity contribution >= 4 is 11.7 Å². The number of anilines is 1. The molecule has 0 aromatic heterocycles. The number of carboxylic acid groups (broad SMARTS) is 1. The summed E-state index contributed by atoms with van der Waals surface area (Å²) < 4.78 is 0. The Labute approximate surface area is 101 Å². The molecule has 0 radical (unpaired) electrons. The van der Waals surface area contributed by atoms with Gasteiger partial charge in [-0.2, -0.15) is 0 Å². The highest BCUT2D eigenvalue weighted by atomic mass is 16.4. The predicted molar refractivity (Wildman–Crippen MR) is 67.7 cm³/mol. The lowest BCUT2D eigenvalue weighted by Gasteiger charge is -2.37. The third-order valence-corrected chi connectivity index (χ3v) is 3.25. The molecule has 0 aliphatic carbocycles. The fourth-order valence-corrected chi connectivity index (χ4v) is 2.28. The van der Waals surface area contributed by atoms with Gasteiger partial charge in [0.25, 0.3) is 0 Å². The van der Waals surface area contributed by atoms with Crippen LogP contribution in [-0.4, -0.2) is 36.8 Å². The Hall–Kier alpha value is -1.55. The van der Waals surface area contributed by atoms with E-state index >= 15 is 0 Å². The van der Waals surface area contributed by atoms with Crippen molar-refractivity contribution in [3.8, 4) is 0 Å². The van der Waals surface area contributed by atoms with Gasteiger partial charge in [0.05, 0.1) is 5.56 Å². The molecule has 4 heteroatoms. The SMILES string of the molecule is CC[C@@H]1CNCCN1c1cccc(C(=O)O)c1. The third kappa shape index (κ3) is 2.58. The fraction of sp³-hybridized carbons (Fsp3) is 0.462. The monoisotopic (exact) mass is 234 g/mol. The van der Waals surface area contributed by atoms with E-state index in [1.165, 1.54) is 0 Å². The number of carboxylic acids is 1. The van der Waals surface area contributed by atoms with Crippen LogP contribution in [0.4, 0.5) is 5.69 Å². The summed E-state index contributed by atoms with van der Waals surface area (Å²) in [6.07, 6.45) is 1.06. The second-order valence-corrected chi connectivity index (χ2v) is 4.32. The van der Waals surface area contributed by atoms with Gasteiger partial charge in [0.15, 0.2) is 0 Å². The first kappa shape index (κ1) is 11.9. The van der Waals surface area contributed by atoms with E-state index in [9.17, 15) is 4.79 Å². The molecular formula is C13H18N2O2. The van der Waals surface area contributed by atoms with Crippen molar-refractivity contribution in [3.63, 3.8) is 0 Å². The highest BCUT2D eigenvalue weighted by molar-refractivity contribution is 5.88. The van der Waals surface area contributed by atoms with Crippen molar-refractivity contribution in [3.05, 3.63) is 29.8 Å². The molecule has 0 saturated carbocycles. The van der Waals surface area contributed by atoms with Crippen LogP contribution in [0.5, 0.6) is 0 Å². The number of carbonyl (C=O) groups is 1. The van der Waals surface area contributed by atoms with Crippen molar-refractivity contribution < 1.29 is 9.90 Å². The molecular weight excluding hydrogens is 216 g/mol. The summed E-state index contributed by atoms with van der Waals surface area (Å²) in [4.78, 5) is 13.3. The third-order valence-electron chi connectivity index (χ3n) is 3.25. The van der Waals surface area contributed by atoms with Crippen LogP contribution in [0.25, 0.3) is 0 Å². The molecule has 1 fully saturated rings. The summed E-state index contributed by atoms with van der Waals surface area (Å²) in [6, 6.07) is 7.65. The lowest BCUT2D eigenvalue weighted by Crippen LogP contribution is -2.51. The molecule has 1 atom stereocenters. The molecule has 0 amide bonds. The van der Waals surface area contributed by atoms with Crippen molar-refractivity contribution in [1.29, 1.82) is 0 Å². The minimum absolute atomic E-state index is 0.357. The summed E-state index contributed by atoms with van der Waals surface area (Å²) >= 11 is 0. The van der Waals surface area contributed by atoms with Crippen LogP contribution >= 0.6 is 0 Å². The van der Waals surface area contributed by atoms with Gasteiger partial charge in [0.1, 0.15) is 0 Å². The number of piperazine rings is 1. The van der Waals surface area contributed by atoms with Crippen molar-refractivity contribution in [2.45, 2.75) is 19.4 Å². The van der Waals surface area contributed by atoms with E-state index in [0.29, 0.717) is 11.6 Å². The average molecular weight is 234 g/mol. The molecule has 0 spiro atoms. The molecule has 0 unspecified atom stereocenters. The Balaban J connectivity index is 2.25.